The number of nitrogens with two attached hydrogens (primary N) is 1. The summed E-state index contributed by atoms with van der Waals surface area (Å²) in [6, 6.07) is 1.98. The molecule has 9 heteroatoms. The van der Waals surface area contributed by atoms with Crippen molar-refractivity contribution in [3.63, 3.8) is 0 Å². The van der Waals surface area contributed by atoms with Crippen molar-refractivity contribution >= 4 is 16.9 Å². The monoisotopic (exact) mass is 291 g/mol. The van der Waals surface area contributed by atoms with Gasteiger partial charge in [0.05, 0.1) is 17.6 Å². The van der Waals surface area contributed by atoms with Crippen LogP contribution in [0.2, 0.25) is 0 Å². The van der Waals surface area contributed by atoms with Crippen molar-refractivity contribution in [2.24, 2.45) is 0 Å². The fourth-order valence-electron chi connectivity index (χ4n) is 2.50. The van der Waals surface area contributed by atoms with Gasteiger partial charge in [0.2, 0.25) is 0 Å². The summed E-state index contributed by atoms with van der Waals surface area (Å²) in [5.41, 5.74) is 6.30. The highest BCUT2D eigenvalue weighted by Gasteiger charge is 2.44. The van der Waals surface area contributed by atoms with E-state index in [9.17, 15) is 10.2 Å². The minimum Gasteiger partial charge on any atom is -0.394 e. The molecule has 4 atom stereocenters. The summed E-state index contributed by atoms with van der Waals surface area (Å²) in [6.07, 6.45) is -1.72. The molecule has 2 aromatic rings. The van der Waals surface area contributed by atoms with E-state index < -0.39 is 31.1 Å². The highest BCUT2D eigenvalue weighted by molar-refractivity contribution is 5.91. The second kappa shape index (κ2) is 4.94. The summed E-state index contributed by atoms with van der Waals surface area (Å²) in [5.74, 6) is 0.141. The van der Waals surface area contributed by atoms with Crippen LogP contribution in [0.25, 0.3) is 11.0 Å². The second-order valence-electron chi connectivity index (χ2n) is 4.75. The number of aliphatic hydroxyl groups excluding tert-OH is 3. The number of rotatable bonds is 2. The number of ether oxygens (including phenoxy) is 1. The number of nitrogen functional groups attached to an aromatic ring is 1. The third-order valence-electron chi connectivity index (χ3n) is 3.55. The highest BCUT2D eigenvalue weighted by atomic mass is 16.6. The maximum atomic E-state index is 10.1. The molecule has 2 aromatic heterocycles. The zero-order chi connectivity index (χ0) is 15.1. The largest absolute Gasteiger partial charge is 0.394 e. The topological polar surface area (TPSA) is 150 Å². The fraction of sp³-hybridized carbons (Fsp3) is 0.417. The predicted molar refractivity (Wildman–Crippen MR) is 69.7 cm³/mol. The summed E-state index contributed by atoms with van der Waals surface area (Å²) >= 11 is 0. The van der Waals surface area contributed by atoms with E-state index in [1.165, 1.54) is 17.1 Å². The standard InChI is InChI=1S/C12H13N5O4/c13-1-5-2-17(11-7(5)10(14)15-4-16-11)12-9(20)8(19)6(3-18)21-12/h2,4,6,8-9,12,18-20H,3H2,(H2,14,15,16)/t6-,8+,9-,12+/m0/s1. The van der Waals surface area contributed by atoms with Crippen LogP contribution >= 0.6 is 0 Å². The van der Waals surface area contributed by atoms with Crippen molar-refractivity contribution in [1.82, 2.24) is 14.5 Å². The maximum absolute atomic E-state index is 10.1. The molecule has 0 amide bonds. The molecule has 1 aliphatic heterocycles. The predicted octanol–water partition coefficient (Wildman–Crippen LogP) is -1.50. The number of aromatic nitrogens is 3. The number of hydrogen-bond acceptors (Lipinski definition) is 8. The van der Waals surface area contributed by atoms with Gasteiger partial charge in [-0.25, -0.2) is 9.97 Å². The zero-order valence-electron chi connectivity index (χ0n) is 10.8. The van der Waals surface area contributed by atoms with Crippen LogP contribution in [0.1, 0.15) is 11.8 Å². The molecule has 3 rings (SSSR count). The van der Waals surface area contributed by atoms with Gasteiger partial charge in [-0.3, -0.25) is 0 Å². The molecule has 0 aliphatic carbocycles. The Labute approximate surface area is 118 Å². The molecule has 0 unspecified atom stereocenters. The number of anilines is 1. The van der Waals surface area contributed by atoms with Gasteiger partial charge in [0.25, 0.3) is 0 Å². The Morgan fingerprint density at radius 2 is 2.14 bits per heavy atom. The zero-order valence-corrected chi connectivity index (χ0v) is 10.8. The first-order chi connectivity index (χ1) is 10.1. The number of nitrogens with zero attached hydrogens (tertiary/aromatic N) is 4. The first kappa shape index (κ1) is 13.7. The number of nitriles is 1. The van der Waals surface area contributed by atoms with Gasteiger partial charge in [-0.2, -0.15) is 5.26 Å². The van der Waals surface area contributed by atoms with Crippen LogP contribution < -0.4 is 5.73 Å². The van der Waals surface area contributed by atoms with Crippen LogP contribution in [0.5, 0.6) is 0 Å². The molecule has 0 radical (unpaired) electrons. The minimum atomic E-state index is -1.26. The van der Waals surface area contributed by atoms with Crippen LogP contribution in [-0.4, -0.2) is 54.8 Å². The fourth-order valence-corrected chi connectivity index (χ4v) is 2.50. The van der Waals surface area contributed by atoms with Crippen LogP contribution in [0, 0.1) is 11.3 Å². The molecular formula is C12H13N5O4. The minimum absolute atomic E-state index is 0.141. The van der Waals surface area contributed by atoms with Gasteiger partial charge in [0, 0.05) is 6.20 Å². The Morgan fingerprint density at radius 1 is 1.38 bits per heavy atom. The Morgan fingerprint density at radius 3 is 2.76 bits per heavy atom. The van der Waals surface area contributed by atoms with Crippen molar-refractivity contribution in [3.8, 4) is 6.07 Å². The first-order valence-corrected chi connectivity index (χ1v) is 6.22. The van der Waals surface area contributed by atoms with Gasteiger partial charge in [0.1, 0.15) is 42.2 Å². The summed E-state index contributed by atoms with van der Waals surface area (Å²) in [6.45, 7) is -0.434. The molecule has 1 saturated heterocycles. The third kappa shape index (κ3) is 1.93. The average Bonchev–Trinajstić information content (AvgIpc) is 2.99. The van der Waals surface area contributed by atoms with Gasteiger partial charge in [0.15, 0.2) is 6.23 Å². The quantitative estimate of drug-likeness (QED) is 0.521. The SMILES string of the molecule is N#Cc1cn([C@@H]2O[C@@H](CO)[C@@H](O)[C@@H]2O)c2ncnc(N)c12. The van der Waals surface area contributed by atoms with Crippen molar-refractivity contribution in [1.29, 1.82) is 5.26 Å². The third-order valence-corrected chi connectivity index (χ3v) is 3.55. The normalized spacial score (nSPS) is 28.9. The molecule has 3 heterocycles. The van der Waals surface area contributed by atoms with Crippen LogP contribution in [-0.2, 0) is 4.74 Å². The van der Waals surface area contributed by atoms with E-state index in [4.69, 9.17) is 20.8 Å². The summed E-state index contributed by atoms with van der Waals surface area (Å²) in [4.78, 5) is 7.88. The van der Waals surface area contributed by atoms with Gasteiger partial charge >= 0.3 is 0 Å². The molecule has 9 nitrogen and oxygen atoms in total. The van der Waals surface area contributed by atoms with E-state index in [0.29, 0.717) is 11.0 Å². The summed E-state index contributed by atoms with van der Waals surface area (Å²) in [7, 11) is 0. The van der Waals surface area contributed by atoms with E-state index in [-0.39, 0.29) is 11.4 Å². The number of hydrogen-bond donors (Lipinski definition) is 4. The molecule has 110 valence electrons. The van der Waals surface area contributed by atoms with E-state index in [1.54, 1.807) is 0 Å². The lowest BCUT2D eigenvalue weighted by atomic mass is 10.1. The Balaban J connectivity index is 2.14. The lowest BCUT2D eigenvalue weighted by molar-refractivity contribution is -0.0508. The van der Waals surface area contributed by atoms with Crippen LogP contribution in [0.4, 0.5) is 5.82 Å². The van der Waals surface area contributed by atoms with Crippen LogP contribution in [0.15, 0.2) is 12.5 Å². The van der Waals surface area contributed by atoms with Crippen molar-refractivity contribution < 1.29 is 20.1 Å². The molecule has 1 aliphatic rings. The smallest absolute Gasteiger partial charge is 0.164 e. The lowest BCUT2D eigenvalue weighted by Gasteiger charge is -2.17. The second-order valence-corrected chi connectivity index (χ2v) is 4.75. The first-order valence-electron chi connectivity index (χ1n) is 6.22. The molecule has 21 heavy (non-hydrogen) atoms. The Kier molecular flexibility index (Phi) is 3.23. The maximum Gasteiger partial charge on any atom is 0.164 e. The number of fused-ring (bicyclic) bond motifs is 1. The molecule has 0 aromatic carbocycles. The molecule has 0 bridgehead atoms. The molecule has 0 saturated carbocycles. The van der Waals surface area contributed by atoms with Gasteiger partial charge in [-0.15, -0.1) is 0 Å². The molecule has 1 fully saturated rings. The average molecular weight is 291 g/mol. The summed E-state index contributed by atoms with van der Waals surface area (Å²) in [5, 5.41) is 38.5. The summed E-state index contributed by atoms with van der Waals surface area (Å²) < 4.78 is 6.84. The number of aliphatic hydroxyl groups is 3. The molecule has 5 N–H and O–H groups in total. The molecule has 0 spiro atoms. The molecular weight excluding hydrogens is 278 g/mol. The van der Waals surface area contributed by atoms with E-state index in [2.05, 4.69) is 9.97 Å². The van der Waals surface area contributed by atoms with Crippen molar-refractivity contribution in [3.05, 3.63) is 18.1 Å². The highest BCUT2D eigenvalue weighted by Crippen LogP contribution is 2.34. The Hall–Kier alpha value is -2.25. The van der Waals surface area contributed by atoms with Gasteiger partial charge < -0.3 is 30.4 Å². The van der Waals surface area contributed by atoms with Crippen molar-refractivity contribution in [2.45, 2.75) is 24.5 Å². The Bertz CT molecular complexity index is 724. The van der Waals surface area contributed by atoms with E-state index in [1.807, 2.05) is 6.07 Å². The van der Waals surface area contributed by atoms with Crippen LogP contribution in [0.3, 0.4) is 0 Å². The van der Waals surface area contributed by atoms with Gasteiger partial charge in [-0.05, 0) is 0 Å². The van der Waals surface area contributed by atoms with E-state index >= 15 is 0 Å². The lowest BCUT2D eigenvalue weighted by Crippen LogP contribution is -2.33. The van der Waals surface area contributed by atoms with Gasteiger partial charge in [-0.1, -0.05) is 0 Å². The van der Waals surface area contributed by atoms with E-state index in [0.717, 1.165) is 0 Å². The van der Waals surface area contributed by atoms with Crippen molar-refractivity contribution in [2.75, 3.05) is 12.3 Å².